The Morgan fingerprint density at radius 3 is 2.71 bits per heavy atom. The molecular formula is C22H23N3O7S2. The molecule has 2 aromatic carbocycles. The minimum atomic E-state index is -3.97. The number of H-pyrrole nitrogens is 1. The van der Waals surface area contributed by atoms with Gasteiger partial charge in [-0.1, -0.05) is 12.1 Å². The van der Waals surface area contributed by atoms with Crippen molar-refractivity contribution in [2.45, 2.75) is 48.4 Å². The molecule has 1 aromatic heterocycles. The van der Waals surface area contributed by atoms with Crippen LogP contribution in [0.1, 0.15) is 30.5 Å². The molecule has 12 heteroatoms. The second kappa shape index (κ2) is 8.07. The zero-order valence-corrected chi connectivity index (χ0v) is 20.0. The van der Waals surface area contributed by atoms with E-state index in [4.69, 9.17) is 4.18 Å². The third-order valence-corrected chi connectivity index (χ3v) is 9.52. The summed E-state index contributed by atoms with van der Waals surface area (Å²) < 4.78 is 58.6. The van der Waals surface area contributed by atoms with Crippen LogP contribution in [-0.4, -0.2) is 44.3 Å². The van der Waals surface area contributed by atoms with Crippen molar-refractivity contribution in [1.82, 2.24) is 13.9 Å². The van der Waals surface area contributed by atoms with Crippen LogP contribution in [0.3, 0.4) is 0 Å². The van der Waals surface area contributed by atoms with E-state index in [0.29, 0.717) is 35.6 Å². The fourth-order valence-electron chi connectivity index (χ4n) is 4.70. The Balaban J connectivity index is 1.38. The molecule has 0 radical (unpaired) electrons. The predicted octanol–water partition coefficient (Wildman–Crippen LogP) is 1.36. The number of nitrogens with zero attached hydrogens (tertiary/aromatic N) is 2. The number of hydrogen-bond donors (Lipinski definition) is 1. The topological polar surface area (TPSA) is 136 Å². The van der Waals surface area contributed by atoms with Crippen molar-refractivity contribution in [1.29, 1.82) is 0 Å². The first kappa shape index (κ1) is 22.8. The van der Waals surface area contributed by atoms with Gasteiger partial charge < -0.3 is 4.18 Å². The number of rotatable bonds is 6. The number of aromatic amines is 1. The van der Waals surface area contributed by atoms with E-state index in [2.05, 4.69) is 4.98 Å². The van der Waals surface area contributed by atoms with Crippen molar-refractivity contribution in [2.24, 2.45) is 0 Å². The van der Waals surface area contributed by atoms with Crippen molar-refractivity contribution in [3.63, 3.8) is 0 Å². The molecule has 180 valence electrons. The molecular weight excluding hydrogens is 482 g/mol. The van der Waals surface area contributed by atoms with Crippen LogP contribution in [0.25, 0.3) is 10.8 Å². The molecule has 1 aliphatic carbocycles. The first-order valence-corrected chi connectivity index (χ1v) is 13.8. The molecule has 0 amide bonds. The average molecular weight is 506 g/mol. The molecule has 2 heterocycles. The second-order valence-corrected chi connectivity index (χ2v) is 12.1. The molecule has 1 N–H and O–H groups in total. The average Bonchev–Trinajstić information content (AvgIpc) is 3.06. The molecule has 2 aliphatic rings. The molecule has 34 heavy (non-hydrogen) atoms. The Morgan fingerprint density at radius 2 is 1.91 bits per heavy atom. The van der Waals surface area contributed by atoms with Gasteiger partial charge in [-0.25, -0.2) is 17.5 Å². The van der Waals surface area contributed by atoms with Gasteiger partial charge in [0.1, 0.15) is 4.90 Å². The van der Waals surface area contributed by atoms with Crippen LogP contribution in [0.5, 0.6) is 5.75 Å². The van der Waals surface area contributed by atoms with Gasteiger partial charge in [0.2, 0.25) is 10.0 Å². The maximum absolute atomic E-state index is 13.2. The van der Waals surface area contributed by atoms with Gasteiger partial charge in [0.05, 0.1) is 4.90 Å². The number of benzene rings is 2. The lowest BCUT2D eigenvalue weighted by Crippen LogP contribution is -2.37. The summed E-state index contributed by atoms with van der Waals surface area (Å²) in [6.45, 7) is 0.390. The highest BCUT2D eigenvalue weighted by Gasteiger charge is 2.32. The third-order valence-electron chi connectivity index (χ3n) is 6.41. The van der Waals surface area contributed by atoms with E-state index in [-0.39, 0.29) is 34.2 Å². The fourth-order valence-corrected chi connectivity index (χ4v) is 7.13. The zero-order chi connectivity index (χ0) is 24.3. The van der Waals surface area contributed by atoms with Crippen molar-refractivity contribution < 1.29 is 21.0 Å². The van der Waals surface area contributed by atoms with E-state index in [0.717, 1.165) is 22.8 Å². The largest absolute Gasteiger partial charge is 0.378 e. The molecule has 0 saturated heterocycles. The predicted molar refractivity (Wildman–Crippen MR) is 124 cm³/mol. The Kier molecular flexibility index (Phi) is 5.41. The van der Waals surface area contributed by atoms with Crippen molar-refractivity contribution in [3.8, 4) is 5.75 Å². The summed E-state index contributed by atoms with van der Waals surface area (Å²) in [6.07, 6.45) is 3.42. The lowest BCUT2D eigenvalue weighted by molar-refractivity contribution is 0.435. The van der Waals surface area contributed by atoms with Crippen molar-refractivity contribution >= 4 is 30.9 Å². The van der Waals surface area contributed by atoms with Gasteiger partial charge in [-0.05, 0) is 49.6 Å². The molecule has 0 saturated carbocycles. The van der Waals surface area contributed by atoms with Crippen LogP contribution in [0.2, 0.25) is 0 Å². The van der Waals surface area contributed by atoms with Crippen molar-refractivity contribution in [2.75, 3.05) is 13.6 Å². The normalized spacial score (nSPS) is 16.5. The first-order valence-electron chi connectivity index (χ1n) is 10.9. The van der Waals surface area contributed by atoms with Gasteiger partial charge in [-0.2, -0.15) is 8.42 Å². The summed E-state index contributed by atoms with van der Waals surface area (Å²) in [5.74, 6) is -0.00787. The van der Waals surface area contributed by atoms with Gasteiger partial charge in [-0.15, -0.1) is 0 Å². The van der Waals surface area contributed by atoms with E-state index in [1.54, 1.807) is 6.07 Å². The summed E-state index contributed by atoms with van der Waals surface area (Å²) in [5, 5.41) is 0.820. The van der Waals surface area contributed by atoms with Crippen molar-refractivity contribution in [3.05, 3.63) is 62.4 Å². The number of sulfonamides is 1. The number of fused-ring (bicyclic) bond motifs is 1. The smallest absolute Gasteiger partial charge is 0.340 e. The highest BCUT2D eigenvalue weighted by molar-refractivity contribution is 7.89. The minimum absolute atomic E-state index is 0.00787. The summed E-state index contributed by atoms with van der Waals surface area (Å²) in [7, 11) is -6.49. The van der Waals surface area contributed by atoms with Crippen LogP contribution in [0, 0.1) is 0 Å². The molecule has 3 aromatic rings. The maximum Gasteiger partial charge on any atom is 0.340 e. The van der Waals surface area contributed by atoms with Gasteiger partial charge >= 0.3 is 15.8 Å². The highest BCUT2D eigenvalue weighted by Crippen LogP contribution is 2.41. The second-order valence-electron chi connectivity index (χ2n) is 8.54. The first-order chi connectivity index (χ1) is 16.1. The number of aromatic nitrogens is 2. The van der Waals surface area contributed by atoms with Gasteiger partial charge in [-0.3, -0.25) is 14.3 Å². The minimum Gasteiger partial charge on any atom is -0.378 e. The summed E-state index contributed by atoms with van der Waals surface area (Å²) in [5.41, 5.74) is 0.544. The molecule has 0 bridgehead atoms. The Bertz CT molecular complexity index is 1650. The SMILES string of the molecule is CN(CCCn1c2c(c(=O)[nH]c1=O)CCCC2)S(=O)(=O)c1cc2c3c(cccc3c1)S(=O)(=O)O2. The lowest BCUT2D eigenvalue weighted by Gasteiger charge is -2.21. The van der Waals surface area contributed by atoms with E-state index < -0.39 is 25.8 Å². The monoisotopic (exact) mass is 505 g/mol. The third kappa shape index (κ3) is 3.65. The van der Waals surface area contributed by atoms with Crippen LogP contribution in [0.4, 0.5) is 0 Å². The quantitative estimate of drug-likeness (QED) is 0.500. The Labute approximate surface area is 196 Å². The Hall–Kier alpha value is -2.96. The summed E-state index contributed by atoms with van der Waals surface area (Å²) >= 11 is 0. The van der Waals surface area contributed by atoms with E-state index in [9.17, 15) is 26.4 Å². The Morgan fingerprint density at radius 1 is 1.15 bits per heavy atom. The molecule has 0 atom stereocenters. The highest BCUT2D eigenvalue weighted by atomic mass is 32.2. The van der Waals surface area contributed by atoms with E-state index >= 15 is 0 Å². The van der Waals surface area contributed by atoms with E-state index in [1.807, 2.05) is 0 Å². The number of hydrogen-bond acceptors (Lipinski definition) is 7. The van der Waals surface area contributed by atoms with Crippen LogP contribution < -0.4 is 15.4 Å². The van der Waals surface area contributed by atoms with Crippen LogP contribution >= 0.6 is 0 Å². The van der Waals surface area contributed by atoms with Gasteiger partial charge in [0.15, 0.2) is 5.75 Å². The fraction of sp³-hybridized carbons (Fsp3) is 0.364. The summed E-state index contributed by atoms with van der Waals surface area (Å²) in [4.78, 5) is 26.8. The molecule has 5 rings (SSSR count). The molecule has 0 spiro atoms. The standard InChI is InChI=1S/C22H23N3O7S2/c1-24(10-5-11-25-17-8-3-2-7-16(17)21(26)23-22(25)27)33(28,29)15-12-14-6-4-9-19-20(14)18(13-15)32-34(19,30)31/h4,6,9,12-13H,2-3,5,7-8,10-11H2,1H3,(H,23,26,27). The number of nitrogens with one attached hydrogen (secondary N) is 1. The molecule has 1 aliphatic heterocycles. The van der Waals surface area contributed by atoms with E-state index in [1.165, 1.54) is 35.9 Å². The van der Waals surface area contributed by atoms with Gasteiger partial charge in [0, 0.05) is 42.8 Å². The van der Waals surface area contributed by atoms with Gasteiger partial charge in [0.25, 0.3) is 5.56 Å². The maximum atomic E-state index is 13.2. The molecule has 10 nitrogen and oxygen atoms in total. The van der Waals surface area contributed by atoms with Crippen LogP contribution in [0.15, 0.2) is 49.7 Å². The molecule has 0 unspecified atom stereocenters. The summed E-state index contributed by atoms with van der Waals surface area (Å²) in [6, 6.07) is 7.26. The van der Waals surface area contributed by atoms with Crippen LogP contribution in [-0.2, 0) is 39.5 Å². The zero-order valence-electron chi connectivity index (χ0n) is 18.4. The molecule has 0 fully saturated rings. The lowest BCUT2D eigenvalue weighted by atomic mass is 9.97.